The van der Waals surface area contributed by atoms with Crippen LogP contribution in [0.25, 0.3) is 0 Å². The number of nitrogens with one attached hydrogen (secondary N) is 1. The fourth-order valence-electron chi connectivity index (χ4n) is 2.87. The lowest BCUT2D eigenvalue weighted by Gasteiger charge is -2.33. The Kier molecular flexibility index (Phi) is 7.75. The molecule has 1 aliphatic rings. The van der Waals surface area contributed by atoms with Gasteiger partial charge in [0.25, 0.3) is 6.10 Å². The van der Waals surface area contributed by atoms with Gasteiger partial charge in [-0.2, -0.15) is 26.3 Å². The molecule has 0 saturated carbocycles. The number of hydrogen-bond acceptors (Lipinski definition) is 4. The lowest BCUT2D eigenvalue weighted by Crippen LogP contribution is -2.49. The topological polar surface area (TPSA) is 75.7 Å². The van der Waals surface area contributed by atoms with Crippen LogP contribution in [0.2, 0.25) is 5.02 Å². The first-order valence-electron chi connectivity index (χ1n) is 8.96. The molecule has 1 aromatic rings. The van der Waals surface area contributed by atoms with E-state index in [-0.39, 0.29) is 48.3 Å². The molecule has 1 aliphatic heterocycles. The molecule has 1 saturated heterocycles. The van der Waals surface area contributed by atoms with Crippen molar-refractivity contribution in [3.63, 3.8) is 0 Å². The van der Waals surface area contributed by atoms with Crippen LogP contribution in [0.4, 0.5) is 31.1 Å². The fourth-order valence-corrected chi connectivity index (χ4v) is 4.25. The number of amides is 1. The first kappa shape index (κ1) is 25.5. The summed E-state index contributed by atoms with van der Waals surface area (Å²) < 4.78 is 106. The lowest BCUT2D eigenvalue weighted by atomic mass is 9.97. The van der Waals surface area contributed by atoms with Gasteiger partial charge in [0.15, 0.2) is 0 Å². The molecule has 14 heteroatoms. The Balaban J connectivity index is 1.89. The number of aryl methyl sites for hydroxylation is 1. The Morgan fingerprint density at radius 2 is 1.74 bits per heavy atom. The van der Waals surface area contributed by atoms with Gasteiger partial charge in [-0.25, -0.2) is 17.9 Å². The van der Waals surface area contributed by atoms with E-state index in [9.17, 15) is 39.6 Å². The minimum absolute atomic E-state index is 0.0234. The van der Waals surface area contributed by atoms with Crippen molar-refractivity contribution >= 4 is 27.7 Å². The van der Waals surface area contributed by atoms with Crippen LogP contribution < -0.4 is 4.72 Å². The zero-order valence-corrected chi connectivity index (χ0v) is 17.6. The summed E-state index contributed by atoms with van der Waals surface area (Å²) in [6.07, 6.45) is -17.2. The third kappa shape index (κ3) is 6.88. The van der Waals surface area contributed by atoms with E-state index in [1.807, 2.05) is 0 Å². The molecule has 6 nitrogen and oxygen atoms in total. The van der Waals surface area contributed by atoms with Crippen molar-refractivity contribution in [1.29, 1.82) is 0 Å². The van der Waals surface area contributed by atoms with Crippen molar-refractivity contribution in [3.05, 3.63) is 28.8 Å². The van der Waals surface area contributed by atoms with E-state index in [0.717, 1.165) is 4.90 Å². The molecular formula is C17H19ClF6N2O4S. The van der Waals surface area contributed by atoms with E-state index in [2.05, 4.69) is 9.46 Å². The summed E-state index contributed by atoms with van der Waals surface area (Å²) in [5.74, 6) is -0.277. The predicted molar refractivity (Wildman–Crippen MR) is 98.1 cm³/mol. The van der Waals surface area contributed by atoms with Gasteiger partial charge in [-0.05, 0) is 43.4 Å². The zero-order chi connectivity index (χ0) is 23.6. The fraction of sp³-hybridized carbons (Fsp3) is 0.588. The Morgan fingerprint density at radius 3 is 2.23 bits per heavy atom. The molecule has 0 aromatic heterocycles. The van der Waals surface area contributed by atoms with Gasteiger partial charge in [0.05, 0.1) is 4.90 Å². The predicted octanol–water partition coefficient (Wildman–Crippen LogP) is 4.27. The van der Waals surface area contributed by atoms with Crippen LogP contribution in [-0.2, 0) is 14.8 Å². The lowest BCUT2D eigenvalue weighted by molar-refractivity contribution is -0.308. The number of sulfonamides is 1. The van der Waals surface area contributed by atoms with Gasteiger partial charge in [-0.3, -0.25) is 0 Å². The van der Waals surface area contributed by atoms with E-state index < -0.39 is 34.6 Å². The molecule has 1 heterocycles. The second kappa shape index (κ2) is 9.41. The van der Waals surface area contributed by atoms with E-state index in [1.165, 1.54) is 18.2 Å². The number of carbonyl (C=O) groups excluding carboxylic acids is 1. The molecule has 2 rings (SSSR count). The summed E-state index contributed by atoms with van der Waals surface area (Å²) in [6, 6.07) is 4.20. The average Bonchev–Trinajstić information content (AvgIpc) is 2.65. The van der Waals surface area contributed by atoms with Crippen LogP contribution in [-0.4, -0.2) is 57.5 Å². The molecule has 0 radical (unpaired) electrons. The van der Waals surface area contributed by atoms with Crippen molar-refractivity contribution < 1.29 is 44.3 Å². The van der Waals surface area contributed by atoms with Crippen LogP contribution in [0.1, 0.15) is 18.4 Å². The summed E-state index contributed by atoms with van der Waals surface area (Å²) in [4.78, 5) is 12.4. The van der Waals surface area contributed by atoms with E-state index in [4.69, 9.17) is 11.6 Å². The van der Waals surface area contributed by atoms with Crippen molar-refractivity contribution in [2.24, 2.45) is 5.92 Å². The summed E-state index contributed by atoms with van der Waals surface area (Å²) >= 11 is 5.92. The third-order valence-electron chi connectivity index (χ3n) is 4.70. The Morgan fingerprint density at radius 1 is 1.19 bits per heavy atom. The summed E-state index contributed by atoms with van der Waals surface area (Å²) in [6.45, 7) is 1.33. The second-order valence-corrected chi connectivity index (χ2v) is 9.21. The second-order valence-electron chi connectivity index (χ2n) is 7.04. The monoisotopic (exact) mass is 496 g/mol. The minimum Gasteiger partial charge on any atom is -0.426 e. The molecule has 1 amide bonds. The maximum Gasteiger partial charge on any atom is 0.434 e. The van der Waals surface area contributed by atoms with Crippen LogP contribution >= 0.6 is 11.6 Å². The molecule has 176 valence electrons. The Labute approximate surface area is 179 Å². The maximum atomic E-state index is 12.5. The molecular weight excluding hydrogens is 478 g/mol. The molecule has 0 spiro atoms. The SMILES string of the molecule is Cc1ccc(S(=O)(=O)NCC2CCN(C(=O)OC(C(F)(F)F)C(F)(F)F)CC2)cc1Cl. The number of halogens is 7. The zero-order valence-electron chi connectivity index (χ0n) is 16.1. The highest BCUT2D eigenvalue weighted by atomic mass is 35.5. The number of ether oxygens (including phenoxy) is 1. The van der Waals surface area contributed by atoms with Crippen LogP contribution in [0.5, 0.6) is 0 Å². The number of hydrogen-bond donors (Lipinski definition) is 1. The molecule has 0 unspecified atom stereocenters. The summed E-state index contributed by atoms with van der Waals surface area (Å²) in [5.41, 5.74) is 0.693. The van der Waals surface area contributed by atoms with Crippen molar-refractivity contribution in [2.75, 3.05) is 19.6 Å². The largest absolute Gasteiger partial charge is 0.434 e. The molecule has 0 aliphatic carbocycles. The number of carbonyl (C=O) groups is 1. The number of alkyl halides is 6. The average molecular weight is 497 g/mol. The van der Waals surface area contributed by atoms with Crippen LogP contribution in [0.3, 0.4) is 0 Å². The Hall–Kier alpha value is -1.73. The van der Waals surface area contributed by atoms with Gasteiger partial charge in [0.2, 0.25) is 10.0 Å². The van der Waals surface area contributed by atoms with Gasteiger partial charge >= 0.3 is 18.4 Å². The number of benzene rings is 1. The number of likely N-dealkylation sites (tertiary alicyclic amines) is 1. The molecule has 1 aromatic carbocycles. The normalized spacial score (nSPS) is 16.6. The van der Waals surface area contributed by atoms with E-state index in [1.54, 1.807) is 6.92 Å². The smallest absolute Gasteiger partial charge is 0.426 e. The highest BCUT2D eigenvalue weighted by Crippen LogP contribution is 2.36. The Bertz CT molecular complexity index is 885. The van der Waals surface area contributed by atoms with Crippen LogP contribution in [0.15, 0.2) is 23.1 Å². The van der Waals surface area contributed by atoms with E-state index >= 15 is 0 Å². The van der Waals surface area contributed by atoms with E-state index in [0.29, 0.717) is 5.56 Å². The molecule has 1 N–H and O–H groups in total. The standard InChI is InChI=1S/C17H19ClF6N2O4S/c1-10-2-3-12(8-13(10)18)31(28,29)25-9-11-4-6-26(7-5-11)15(27)30-14(16(19,20)21)17(22,23)24/h2-3,8,11,14,25H,4-7,9H2,1H3. The first-order valence-corrected chi connectivity index (χ1v) is 10.8. The molecule has 1 fully saturated rings. The highest BCUT2D eigenvalue weighted by Gasteiger charge is 2.60. The highest BCUT2D eigenvalue weighted by molar-refractivity contribution is 7.89. The number of piperidine rings is 1. The number of nitrogens with zero attached hydrogens (tertiary/aromatic N) is 1. The van der Waals surface area contributed by atoms with Crippen molar-refractivity contribution in [1.82, 2.24) is 9.62 Å². The minimum atomic E-state index is -5.79. The van der Waals surface area contributed by atoms with Gasteiger partial charge in [-0.15, -0.1) is 0 Å². The summed E-state index contributed by atoms with van der Waals surface area (Å²) in [7, 11) is -3.87. The van der Waals surface area contributed by atoms with Gasteiger partial charge in [-0.1, -0.05) is 17.7 Å². The van der Waals surface area contributed by atoms with Gasteiger partial charge in [0.1, 0.15) is 0 Å². The van der Waals surface area contributed by atoms with Gasteiger partial charge in [0, 0.05) is 24.7 Å². The summed E-state index contributed by atoms with van der Waals surface area (Å²) in [5, 5.41) is 0.269. The third-order valence-corrected chi connectivity index (χ3v) is 6.53. The molecule has 31 heavy (non-hydrogen) atoms. The maximum absolute atomic E-state index is 12.5. The van der Waals surface area contributed by atoms with Crippen molar-refractivity contribution in [2.45, 2.75) is 43.1 Å². The quantitative estimate of drug-likeness (QED) is 0.618. The molecule has 0 bridgehead atoms. The first-order chi connectivity index (χ1) is 14.1. The van der Waals surface area contributed by atoms with Crippen LogP contribution in [0, 0.1) is 12.8 Å². The van der Waals surface area contributed by atoms with Crippen molar-refractivity contribution in [3.8, 4) is 0 Å². The molecule has 0 atom stereocenters. The van der Waals surface area contributed by atoms with Gasteiger partial charge < -0.3 is 9.64 Å². The number of rotatable bonds is 5.